The van der Waals surface area contributed by atoms with Crippen LogP contribution in [0.15, 0.2) is 18.2 Å². The summed E-state index contributed by atoms with van der Waals surface area (Å²) in [7, 11) is 0. The molecule has 0 saturated heterocycles. The van der Waals surface area contributed by atoms with Crippen LogP contribution >= 0.6 is 0 Å². The largest absolute Gasteiger partial charge is 0.393 e. The number of nitrogens with zero attached hydrogens (tertiary/aromatic N) is 1. The molecular weight excluding hydrogens is 250 g/mol. The summed E-state index contributed by atoms with van der Waals surface area (Å²) >= 11 is 0. The minimum absolute atomic E-state index is 0.00349. The summed E-state index contributed by atoms with van der Waals surface area (Å²) in [6.07, 6.45) is -0.660. The molecule has 0 radical (unpaired) electrons. The van der Waals surface area contributed by atoms with Gasteiger partial charge >= 0.3 is 0 Å². The van der Waals surface area contributed by atoms with Crippen LogP contribution in [0.5, 0.6) is 0 Å². The zero-order valence-corrected chi connectivity index (χ0v) is 10.8. The monoisotopic (exact) mass is 267 g/mol. The Morgan fingerprint density at radius 1 is 1.53 bits per heavy atom. The Balaban J connectivity index is 2.78. The van der Waals surface area contributed by atoms with Gasteiger partial charge in [-0.15, -0.1) is 0 Å². The smallest absolute Gasteiger partial charge is 0.292 e. The van der Waals surface area contributed by atoms with Gasteiger partial charge in [-0.2, -0.15) is 0 Å². The summed E-state index contributed by atoms with van der Waals surface area (Å²) in [6.45, 7) is 3.74. The number of aliphatic hydroxyl groups excluding tert-OH is 1. The molecule has 7 nitrogen and oxygen atoms in total. The molecule has 1 unspecified atom stereocenters. The highest BCUT2D eigenvalue weighted by atomic mass is 16.6. The third kappa shape index (κ3) is 3.92. The number of hydrogen-bond donors (Lipinski definition) is 3. The van der Waals surface area contributed by atoms with Crippen LogP contribution in [0.4, 0.5) is 11.4 Å². The number of anilines is 1. The van der Waals surface area contributed by atoms with Crippen LogP contribution in [0.2, 0.25) is 0 Å². The molecular formula is C12H17N3O4. The van der Waals surface area contributed by atoms with Crippen LogP contribution in [0, 0.1) is 16.0 Å². The maximum absolute atomic E-state index is 11.8. The lowest BCUT2D eigenvalue weighted by molar-refractivity contribution is -0.383. The normalized spacial score (nSPS) is 12.2. The average molecular weight is 267 g/mol. The van der Waals surface area contributed by atoms with Crippen molar-refractivity contribution in [3.05, 3.63) is 33.9 Å². The maximum atomic E-state index is 11.8. The van der Waals surface area contributed by atoms with Crippen molar-refractivity contribution in [3.8, 4) is 0 Å². The van der Waals surface area contributed by atoms with E-state index >= 15 is 0 Å². The number of aliphatic hydroxyl groups is 1. The van der Waals surface area contributed by atoms with E-state index in [2.05, 4.69) is 5.32 Å². The van der Waals surface area contributed by atoms with Crippen LogP contribution in [0.25, 0.3) is 0 Å². The van der Waals surface area contributed by atoms with Crippen LogP contribution in [0.1, 0.15) is 24.2 Å². The van der Waals surface area contributed by atoms with Gasteiger partial charge in [0, 0.05) is 18.2 Å². The number of hydrogen-bond acceptors (Lipinski definition) is 5. The van der Waals surface area contributed by atoms with E-state index < -0.39 is 16.9 Å². The van der Waals surface area contributed by atoms with Crippen molar-refractivity contribution in [2.45, 2.75) is 20.0 Å². The molecule has 0 saturated carbocycles. The van der Waals surface area contributed by atoms with Crippen LogP contribution < -0.4 is 11.1 Å². The molecule has 104 valence electrons. The lowest BCUT2D eigenvalue weighted by Crippen LogP contribution is -2.34. The minimum atomic E-state index is -0.660. The van der Waals surface area contributed by atoms with Crippen molar-refractivity contribution in [3.63, 3.8) is 0 Å². The summed E-state index contributed by atoms with van der Waals surface area (Å²) in [6, 6.07) is 3.83. The molecule has 0 heterocycles. The quantitative estimate of drug-likeness (QED) is 0.416. The van der Waals surface area contributed by atoms with E-state index in [9.17, 15) is 20.0 Å². The van der Waals surface area contributed by atoms with Gasteiger partial charge in [0.1, 0.15) is 5.69 Å². The number of amides is 1. The van der Waals surface area contributed by atoms with Gasteiger partial charge in [0.2, 0.25) is 0 Å². The zero-order valence-electron chi connectivity index (χ0n) is 10.8. The Kier molecular flexibility index (Phi) is 4.82. The van der Waals surface area contributed by atoms with Gasteiger partial charge in [-0.25, -0.2) is 0 Å². The second kappa shape index (κ2) is 6.14. The molecule has 1 aromatic rings. The van der Waals surface area contributed by atoms with Crippen molar-refractivity contribution in [2.24, 2.45) is 5.92 Å². The number of benzene rings is 1. The summed E-state index contributed by atoms with van der Waals surface area (Å²) in [5, 5.41) is 22.8. The number of carbonyl (C=O) groups is 1. The lowest BCUT2D eigenvalue weighted by atomic mass is 10.1. The van der Waals surface area contributed by atoms with E-state index in [1.165, 1.54) is 12.1 Å². The number of nitro benzene ring substituents is 1. The number of carbonyl (C=O) groups excluding carboxylic acids is 1. The van der Waals surface area contributed by atoms with Gasteiger partial charge in [0.15, 0.2) is 0 Å². The Hall–Kier alpha value is -2.15. The molecule has 0 aromatic heterocycles. The fourth-order valence-corrected chi connectivity index (χ4v) is 1.38. The Bertz CT molecular complexity index is 488. The molecule has 0 spiro atoms. The number of nitrogens with one attached hydrogen (secondary N) is 1. The number of rotatable bonds is 5. The Morgan fingerprint density at radius 3 is 2.68 bits per heavy atom. The molecule has 7 heteroatoms. The number of nitrogens with two attached hydrogens (primary N) is 1. The van der Waals surface area contributed by atoms with Crippen molar-refractivity contribution in [1.82, 2.24) is 5.32 Å². The van der Waals surface area contributed by atoms with Crippen molar-refractivity contribution >= 4 is 17.3 Å². The predicted molar refractivity (Wildman–Crippen MR) is 70.7 cm³/mol. The highest BCUT2D eigenvalue weighted by Gasteiger charge is 2.16. The van der Waals surface area contributed by atoms with E-state index in [0.717, 1.165) is 6.07 Å². The van der Waals surface area contributed by atoms with Crippen LogP contribution in [0.3, 0.4) is 0 Å². The van der Waals surface area contributed by atoms with Crippen LogP contribution in [-0.4, -0.2) is 28.6 Å². The van der Waals surface area contributed by atoms with E-state index in [-0.39, 0.29) is 29.4 Å². The zero-order chi connectivity index (χ0) is 14.6. The average Bonchev–Trinajstić information content (AvgIpc) is 2.35. The molecule has 0 bridgehead atoms. The first kappa shape index (κ1) is 14.9. The van der Waals surface area contributed by atoms with Crippen molar-refractivity contribution in [2.75, 3.05) is 12.3 Å². The van der Waals surface area contributed by atoms with Crippen LogP contribution in [-0.2, 0) is 0 Å². The second-order valence-electron chi connectivity index (χ2n) is 4.55. The van der Waals surface area contributed by atoms with Gasteiger partial charge in [0.25, 0.3) is 11.6 Å². The van der Waals surface area contributed by atoms with E-state index in [1.807, 2.05) is 13.8 Å². The van der Waals surface area contributed by atoms with Crippen molar-refractivity contribution in [1.29, 1.82) is 0 Å². The third-order valence-corrected chi connectivity index (χ3v) is 2.73. The molecule has 1 amide bonds. The third-order valence-electron chi connectivity index (χ3n) is 2.73. The van der Waals surface area contributed by atoms with Gasteiger partial charge in [-0.05, 0) is 18.1 Å². The molecule has 19 heavy (non-hydrogen) atoms. The van der Waals surface area contributed by atoms with Gasteiger partial charge in [-0.1, -0.05) is 13.8 Å². The molecule has 0 fully saturated rings. The topological polar surface area (TPSA) is 118 Å². The number of nitrogen functional groups attached to an aromatic ring is 1. The molecule has 1 atom stereocenters. The Labute approximate surface area is 110 Å². The molecule has 0 aliphatic heterocycles. The van der Waals surface area contributed by atoms with Gasteiger partial charge in [-0.3, -0.25) is 14.9 Å². The first-order valence-electron chi connectivity index (χ1n) is 5.83. The first-order chi connectivity index (χ1) is 8.82. The molecule has 1 aromatic carbocycles. The first-order valence-corrected chi connectivity index (χ1v) is 5.83. The van der Waals surface area contributed by atoms with Gasteiger partial charge in [0.05, 0.1) is 11.0 Å². The second-order valence-corrected chi connectivity index (χ2v) is 4.55. The summed E-state index contributed by atoms with van der Waals surface area (Å²) in [5.74, 6) is -0.469. The Morgan fingerprint density at radius 2 is 2.16 bits per heavy atom. The SMILES string of the molecule is CC(C)C(O)CNC(=O)c1ccc(N)c([N+](=O)[O-])c1. The molecule has 0 aliphatic rings. The molecule has 1 rings (SSSR count). The molecule has 4 N–H and O–H groups in total. The van der Waals surface area contributed by atoms with E-state index in [4.69, 9.17) is 5.73 Å². The summed E-state index contributed by atoms with van der Waals surface area (Å²) in [5.41, 5.74) is 5.27. The van der Waals surface area contributed by atoms with E-state index in [1.54, 1.807) is 0 Å². The fraction of sp³-hybridized carbons (Fsp3) is 0.417. The molecule has 0 aliphatic carbocycles. The summed E-state index contributed by atoms with van der Waals surface area (Å²) in [4.78, 5) is 21.8. The predicted octanol–water partition coefficient (Wildman–Crippen LogP) is 0.924. The van der Waals surface area contributed by atoms with Crippen molar-refractivity contribution < 1.29 is 14.8 Å². The highest BCUT2D eigenvalue weighted by molar-refractivity contribution is 5.95. The number of nitro groups is 1. The maximum Gasteiger partial charge on any atom is 0.292 e. The highest BCUT2D eigenvalue weighted by Crippen LogP contribution is 2.22. The lowest BCUT2D eigenvalue weighted by Gasteiger charge is -2.15. The van der Waals surface area contributed by atoms with Gasteiger partial charge < -0.3 is 16.2 Å². The summed E-state index contributed by atoms with van der Waals surface area (Å²) < 4.78 is 0. The fourth-order valence-electron chi connectivity index (χ4n) is 1.38. The standard InChI is InChI=1S/C12H17N3O4/c1-7(2)11(16)6-14-12(17)8-3-4-9(13)10(5-8)15(18)19/h3-5,7,11,16H,6,13H2,1-2H3,(H,14,17). The van der Waals surface area contributed by atoms with E-state index in [0.29, 0.717) is 0 Å². The minimum Gasteiger partial charge on any atom is -0.393 e.